The van der Waals surface area contributed by atoms with Crippen molar-refractivity contribution in [3.8, 4) is 0 Å². The molecule has 4 atom stereocenters. The quantitative estimate of drug-likeness (QED) is 0.393. The first-order valence-electron chi connectivity index (χ1n) is 5.95. The highest BCUT2D eigenvalue weighted by Crippen LogP contribution is 2.32. The lowest BCUT2D eigenvalue weighted by Crippen LogP contribution is -2.42. The minimum absolute atomic E-state index is 0.0336. The monoisotopic (exact) mass is 320 g/mol. The number of hydrogen-bond acceptors (Lipinski definition) is 7. The Hall–Kier alpha value is -1.46. The maximum Gasteiger partial charge on any atom is 0.326 e. The van der Waals surface area contributed by atoms with Gasteiger partial charge in [0.25, 0.3) is 5.85 Å². The Labute approximate surface area is 122 Å². The molecule has 0 aliphatic carbocycles. The molecule has 1 aliphatic rings. The summed E-state index contributed by atoms with van der Waals surface area (Å²) >= 11 is 4.76. The van der Waals surface area contributed by atoms with Crippen LogP contribution in [0.1, 0.15) is 10.4 Å². The maximum atomic E-state index is 13.9. The zero-order valence-electron chi connectivity index (χ0n) is 10.6. The SMILES string of the molecule is O=Cc1cn(C[C@@H]2O[C@](F)(CO)[C@@H](O)[C@H]2O)c(=O)[nH]c1=S. The maximum absolute atomic E-state index is 13.9. The predicted molar refractivity (Wildman–Crippen MR) is 69.1 cm³/mol. The number of aliphatic hydroxyl groups is 3. The first-order valence-corrected chi connectivity index (χ1v) is 6.36. The average Bonchev–Trinajstić information content (AvgIpc) is 2.67. The number of alkyl halides is 1. The van der Waals surface area contributed by atoms with E-state index in [-0.39, 0.29) is 16.7 Å². The first-order chi connectivity index (χ1) is 9.82. The second-order valence-electron chi connectivity index (χ2n) is 4.65. The normalized spacial score (nSPS) is 32.3. The van der Waals surface area contributed by atoms with Crippen molar-refractivity contribution in [3.05, 3.63) is 26.9 Å². The van der Waals surface area contributed by atoms with Crippen molar-refractivity contribution >= 4 is 18.5 Å². The molecule has 0 unspecified atom stereocenters. The van der Waals surface area contributed by atoms with E-state index in [1.165, 1.54) is 0 Å². The smallest absolute Gasteiger partial charge is 0.326 e. The molecule has 10 heteroatoms. The molecule has 116 valence electrons. The molecule has 0 spiro atoms. The van der Waals surface area contributed by atoms with Gasteiger partial charge in [0.05, 0.1) is 12.1 Å². The molecule has 1 aromatic rings. The summed E-state index contributed by atoms with van der Waals surface area (Å²) in [5, 5.41) is 28.1. The summed E-state index contributed by atoms with van der Waals surface area (Å²) in [7, 11) is 0. The van der Waals surface area contributed by atoms with E-state index in [1.807, 2.05) is 0 Å². The summed E-state index contributed by atoms with van der Waals surface area (Å²) in [6.07, 6.45) is -3.30. The predicted octanol–water partition coefficient (Wildman–Crippen LogP) is -1.50. The van der Waals surface area contributed by atoms with Crippen molar-refractivity contribution in [2.75, 3.05) is 6.61 Å². The van der Waals surface area contributed by atoms with Gasteiger partial charge in [0.15, 0.2) is 6.29 Å². The van der Waals surface area contributed by atoms with Crippen LogP contribution >= 0.6 is 12.2 Å². The summed E-state index contributed by atoms with van der Waals surface area (Å²) in [6.45, 7) is -1.48. The van der Waals surface area contributed by atoms with Gasteiger partial charge in [-0.2, -0.15) is 0 Å². The fourth-order valence-electron chi connectivity index (χ4n) is 2.07. The van der Waals surface area contributed by atoms with Gasteiger partial charge in [0.2, 0.25) is 0 Å². The van der Waals surface area contributed by atoms with Gasteiger partial charge in [-0.3, -0.25) is 14.3 Å². The van der Waals surface area contributed by atoms with Gasteiger partial charge < -0.3 is 20.1 Å². The van der Waals surface area contributed by atoms with Gasteiger partial charge in [0.1, 0.15) is 29.6 Å². The van der Waals surface area contributed by atoms with Crippen LogP contribution in [-0.4, -0.2) is 61.9 Å². The Morgan fingerprint density at radius 3 is 2.76 bits per heavy atom. The third kappa shape index (κ3) is 2.80. The molecule has 0 bridgehead atoms. The summed E-state index contributed by atoms with van der Waals surface area (Å²) in [5.74, 6) is -2.80. The standard InChI is InChI=1S/C11H13FN2O6S/c12-11(4-16)8(18)7(17)6(20-11)2-14-1-5(3-15)9(21)13-10(14)19/h1,3,6-8,16-18H,2,4H2,(H,13,19,21)/t6-,7-,8-,11+/m0/s1. The number of carbonyl (C=O) groups excluding carboxylic acids is 1. The highest BCUT2D eigenvalue weighted by Gasteiger charge is 2.54. The fraction of sp³-hybridized carbons (Fsp3) is 0.545. The zero-order valence-corrected chi connectivity index (χ0v) is 11.4. The second kappa shape index (κ2) is 5.73. The van der Waals surface area contributed by atoms with Crippen molar-refractivity contribution in [2.45, 2.75) is 30.7 Å². The Balaban J connectivity index is 2.29. The number of aromatic nitrogens is 2. The van der Waals surface area contributed by atoms with Crippen molar-refractivity contribution in [3.63, 3.8) is 0 Å². The number of aliphatic hydroxyl groups excluding tert-OH is 3. The summed E-state index contributed by atoms with van der Waals surface area (Å²) in [6, 6.07) is 0. The molecule has 8 nitrogen and oxygen atoms in total. The van der Waals surface area contributed by atoms with E-state index < -0.39 is 36.5 Å². The van der Waals surface area contributed by atoms with Crippen molar-refractivity contribution < 1.29 is 29.2 Å². The topological polar surface area (TPSA) is 125 Å². The minimum atomic E-state index is -2.80. The van der Waals surface area contributed by atoms with E-state index >= 15 is 0 Å². The van der Waals surface area contributed by atoms with Crippen LogP contribution in [0.25, 0.3) is 0 Å². The lowest BCUT2D eigenvalue weighted by atomic mass is 10.1. The van der Waals surface area contributed by atoms with Crippen LogP contribution in [0.2, 0.25) is 0 Å². The number of ether oxygens (including phenoxy) is 1. The molecule has 0 amide bonds. The Bertz CT molecular complexity index is 661. The highest BCUT2D eigenvalue weighted by atomic mass is 32.1. The van der Waals surface area contributed by atoms with E-state index in [0.29, 0.717) is 6.29 Å². The molecule has 0 aromatic carbocycles. The molecular weight excluding hydrogens is 307 g/mol. The summed E-state index contributed by atoms with van der Waals surface area (Å²) in [4.78, 5) is 24.7. The number of H-pyrrole nitrogens is 1. The summed E-state index contributed by atoms with van der Waals surface area (Å²) in [5.41, 5.74) is -0.650. The van der Waals surface area contributed by atoms with Crippen LogP contribution in [-0.2, 0) is 11.3 Å². The summed E-state index contributed by atoms with van der Waals surface area (Å²) < 4.78 is 19.6. The Morgan fingerprint density at radius 2 is 2.24 bits per heavy atom. The van der Waals surface area contributed by atoms with Gasteiger partial charge in [0, 0.05) is 6.20 Å². The van der Waals surface area contributed by atoms with E-state index in [9.17, 15) is 24.2 Å². The molecule has 2 heterocycles. The molecule has 21 heavy (non-hydrogen) atoms. The number of aldehydes is 1. The average molecular weight is 320 g/mol. The third-order valence-corrected chi connectivity index (χ3v) is 3.59. The lowest BCUT2D eigenvalue weighted by Gasteiger charge is -2.20. The number of aromatic amines is 1. The molecule has 1 saturated heterocycles. The number of carbonyl (C=O) groups is 1. The molecule has 1 aromatic heterocycles. The van der Waals surface area contributed by atoms with Gasteiger partial charge >= 0.3 is 5.69 Å². The molecule has 2 rings (SSSR count). The Morgan fingerprint density at radius 1 is 1.57 bits per heavy atom. The zero-order chi connectivity index (χ0) is 15.8. The van der Waals surface area contributed by atoms with Crippen LogP contribution in [0.15, 0.2) is 11.0 Å². The number of nitrogens with zero attached hydrogens (tertiary/aromatic N) is 1. The van der Waals surface area contributed by atoms with Gasteiger partial charge in [-0.15, -0.1) is 0 Å². The van der Waals surface area contributed by atoms with Crippen molar-refractivity contribution in [1.82, 2.24) is 9.55 Å². The van der Waals surface area contributed by atoms with E-state index in [0.717, 1.165) is 10.8 Å². The Kier molecular flexibility index (Phi) is 4.35. The number of halogens is 1. The van der Waals surface area contributed by atoms with E-state index in [2.05, 4.69) is 4.98 Å². The number of nitrogens with one attached hydrogen (secondary N) is 1. The lowest BCUT2D eigenvalue weighted by molar-refractivity contribution is -0.197. The molecule has 4 N–H and O–H groups in total. The number of rotatable bonds is 4. The van der Waals surface area contributed by atoms with Crippen LogP contribution in [0.5, 0.6) is 0 Å². The van der Waals surface area contributed by atoms with Crippen LogP contribution in [0, 0.1) is 4.64 Å². The molecule has 1 fully saturated rings. The van der Waals surface area contributed by atoms with Crippen LogP contribution in [0.4, 0.5) is 4.39 Å². The van der Waals surface area contributed by atoms with Crippen LogP contribution in [0.3, 0.4) is 0 Å². The fourth-order valence-corrected chi connectivity index (χ4v) is 2.25. The van der Waals surface area contributed by atoms with Gasteiger partial charge in [-0.25, -0.2) is 9.18 Å². The van der Waals surface area contributed by atoms with Crippen molar-refractivity contribution in [1.29, 1.82) is 0 Å². The van der Waals surface area contributed by atoms with Crippen molar-refractivity contribution in [2.24, 2.45) is 0 Å². The molecule has 0 saturated carbocycles. The molecule has 1 aliphatic heterocycles. The molecule has 0 radical (unpaired) electrons. The van der Waals surface area contributed by atoms with Gasteiger partial charge in [-0.1, -0.05) is 12.2 Å². The second-order valence-corrected chi connectivity index (χ2v) is 5.06. The first kappa shape index (κ1) is 15.9. The largest absolute Gasteiger partial charge is 0.390 e. The molecular formula is C11H13FN2O6S. The highest BCUT2D eigenvalue weighted by molar-refractivity contribution is 7.71. The van der Waals surface area contributed by atoms with Gasteiger partial charge in [-0.05, 0) is 0 Å². The van der Waals surface area contributed by atoms with Crippen LogP contribution < -0.4 is 5.69 Å². The van der Waals surface area contributed by atoms with E-state index in [4.69, 9.17) is 22.1 Å². The minimum Gasteiger partial charge on any atom is -0.390 e. The third-order valence-electron chi connectivity index (χ3n) is 3.25. The number of hydrogen-bond donors (Lipinski definition) is 4. The van der Waals surface area contributed by atoms with E-state index in [1.54, 1.807) is 0 Å².